The lowest BCUT2D eigenvalue weighted by Crippen LogP contribution is -2.22. The van der Waals surface area contributed by atoms with Crippen molar-refractivity contribution in [2.24, 2.45) is 0 Å². The third-order valence-electron chi connectivity index (χ3n) is 4.01. The van der Waals surface area contributed by atoms with Gasteiger partial charge in [-0.3, -0.25) is 9.48 Å². The Hall–Kier alpha value is -1.56. The maximum absolute atomic E-state index is 12.1. The predicted octanol–water partition coefficient (Wildman–Crippen LogP) is 2.94. The maximum atomic E-state index is 12.1. The molecule has 1 aliphatic rings. The van der Waals surface area contributed by atoms with Crippen LogP contribution >= 0.6 is 15.9 Å². The molecule has 5 nitrogen and oxygen atoms in total. The van der Waals surface area contributed by atoms with Crippen LogP contribution in [-0.4, -0.2) is 14.3 Å². The van der Waals surface area contributed by atoms with Crippen molar-refractivity contribution in [1.82, 2.24) is 14.3 Å². The van der Waals surface area contributed by atoms with Gasteiger partial charge < -0.3 is 10.3 Å². The molecule has 2 aromatic rings. The third kappa shape index (κ3) is 3.20. The molecule has 0 aromatic carbocycles. The summed E-state index contributed by atoms with van der Waals surface area (Å²) in [6.45, 7) is 0.447. The highest BCUT2D eigenvalue weighted by Crippen LogP contribution is 2.27. The molecule has 1 saturated carbocycles. The van der Waals surface area contributed by atoms with Crippen molar-refractivity contribution in [2.75, 3.05) is 5.73 Å². The van der Waals surface area contributed by atoms with Gasteiger partial charge in [0.05, 0.1) is 22.8 Å². The summed E-state index contributed by atoms with van der Waals surface area (Å²) in [6, 6.07) is 4.12. The average Bonchev–Trinajstić information content (AvgIpc) is 2.94. The van der Waals surface area contributed by atoms with Gasteiger partial charge in [0.2, 0.25) is 0 Å². The average molecular weight is 351 g/mol. The van der Waals surface area contributed by atoms with Crippen molar-refractivity contribution in [1.29, 1.82) is 0 Å². The number of pyridine rings is 1. The van der Waals surface area contributed by atoms with Crippen LogP contribution in [0.1, 0.15) is 43.8 Å². The summed E-state index contributed by atoms with van der Waals surface area (Å²) < 4.78 is 4.13. The number of nitrogens with two attached hydrogens (primary N) is 1. The Morgan fingerprint density at radius 3 is 2.86 bits per heavy atom. The van der Waals surface area contributed by atoms with E-state index in [9.17, 15) is 4.79 Å². The van der Waals surface area contributed by atoms with Crippen LogP contribution < -0.4 is 11.3 Å². The Morgan fingerprint density at radius 2 is 2.10 bits per heavy atom. The largest absolute Gasteiger partial charge is 0.398 e. The minimum atomic E-state index is -0.0867. The Morgan fingerprint density at radius 1 is 1.33 bits per heavy atom. The van der Waals surface area contributed by atoms with Crippen LogP contribution in [0, 0.1) is 0 Å². The van der Waals surface area contributed by atoms with E-state index in [1.54, 1.807) is 16.8 Å². The van der Waals surface area contributed by atoms with Gasteiger partial charge in [-0.25, -0.2) is 0 Å². The van der Waals surface area contributed by atoms with Gasteiger partial charge >= 0.3 is 0 Å². The molecule has 112 valence electrons. The molecule has 0 unspecified atom stereocenters. The second-order valence-electron chi connectivity index (χ2n) is 5.63. The molecule has 21 heavy (non-hydrogen) atoms. The fraction of sp³-hybridized carbons (Fsp3) is 0.467. The lowest BCUT2D eigenvalue weighted by atomic mass is 9.96. The van der Waals surface area contributed by atoms with Crippen molar-refractivity contribution in [3.05, 3.63) is 45.0 Å². The standard InChI is InChI=1S/C15H19BrN4O/c16-14-8-11(17)9-19(15(14)21)10-12-6-7-20(18-12)13-4-2-1-3-5-13/h6-9,13H,1-5,10,17H2. The minimum Gasteiger partial charge on any atom is -0.398 e. The molecule has 3 rings (SSSR count). The van der Waals surface area contributed by atoms with Crippen LogP contribution in [0.5, 0.6) is 0 Å². The summed E-state index contributed by atoms with van der Waals surface area (Å²) in [7, 11) is 0. The first-order valence-electron chi connectivity index (χ1n) is 7.33. The van der Waals surface area contributed by atoms with E-state index in [-0.39, 0.29) is 5.56 Å². The van der Waals surface area contributed by atoms with Crippen molar-refractivity contribution >= 4 is 21.6 Å². The fourth-order valence-corrected chi connectivity index (χ4v) is 3.42. The molecule has 1 fully saturated rings. The van der Waals surface area contributed by atoms with Crippen molar-refractivity contribution in [2.45, 2.75) is 44.7 Å². The van der Waals surface area contributed by atoms with Crippen molar-refractivity contribution in [3.63, 3.8) is 0 Å². The van der Waals surface area contributed by atoms with Crippen LogP contribution in [0.3, 0.4) is 0 Å². The summed E-state index contributed by atoms with van der Waals surface area (Å²) >= 11 is 3.24. The van der Waals surface area contributed by atoms with E-state index in [1.807, 2.05) is 12.3 Å². The van der Waals surface area contributed by atoms with E-state index in [4.69, 9.17) is 5.73 Å². The summed E-state index contributed by atoms with van der Waals surface area (Å²) in [5.74, 6) is 0. The maximum Gasteiger partial charge on any atom is 0.265 e. The van der Waals surface area contributed by atoms with Gasteiger partial charge in [0.1, 0.15) is 0 Å². The lowest BCUT2D eigenvalue weighted by Gasteiger charge is -2.21. The molecule has 0 atom stereocenters. The Kier molecular flexibility index (Phi) is 4.14. The number of nitrogens with zero attached hydrogens (tertiary/aromatic N) is 3. The molecular weight excluding hydrogens is 332 g/mol. The van der Waals surface area contributed by atoms with Crippen molar-refractivity contribution < 1.29 is 0 Å². The number of rotatable bonds is 3. The Bertz CT molecular complexity index is 685. The zero-order valence-corrected chi connectivity index (χ0v) is 13.4. The topological polar surface area (TPSA) is 65.8 Å². The Balaban J connectivity index is 1.80. The van der Waals surface area contributed by atoms with E-state index in [0.717, 1.165) is 5.69 Å². The first kappa shape index (κ1) is 14.4. The molecule has 6 heteroatoms. The number of nitrogen functional groups attached to an aromatic ring is 1. The molecule has 0 aliphatic heterocycles. The molecule has 1 aliphatic carbocycles. The van der Waals surface area contributed by atoms with Crippen LogP contribution in [0.25, 0.3) is 0 Å². The summed E-state index contributed by atoms with van der Waals surface area (Å²) in [6.07, 6.45) is 9.97. The number of aromatic nitrogens is 3. The lowest BCUT2D eigenvalue weighted by molar-refractivity contribution is 0.328. The Labute approximate surface area is 131 Å². The first-order chi connectivity index (χ1) is 10.1. The van der Waals surface area contributed by atoms with E-state index < -0.39 is 0 Å². The number of hydrogen-bond acceptors (Lipinski definition) is 3. The van der Waals surface area contributed by atoms with Gasteiger partial charge in [0.15, 0.2) is 0 Å². The van der Waals surface area contributed by atoms with E-state index >= 15 is 0 Å². The van der Waals surface area contributed by atoms with Gasteiger partial charge in [-0.2, -0.15) is 5.10 Å². The predicted molar refractivity (Wildman–Crippen MR) is 86.3 cm³/mol. The number of halogens is 1. The van der Waals surface area contributed by atoms with Gasteiger partial charge in [-0.05, 0) is 40.9 Å². The van der Waals surface area contributed by atoms with Gasteiger partial charge in [0.25, 0.3) is 5.56 Å². The summed E-state index contributed by atoms with van der Waals surface area (Å²) in [4.78, 5) is 12.1. The molecule has 0 radical (unpaired) electrons. The SMILES string of the molecule is Nc1cc(Br)c(=O)n(Cc2ccn(C3CCCCC3)n2)c1. The molecular formula is C15H19BrN4O. The molecule has 0 bridgehead atoms. The number of anilines is 1. The second kappa shape index (κ2) is 6.05. The second-order valence-corrected chi connectivity index (χ2v) is 6.49. The summed E-state index contributed by atoms with van der Waals surface area (Å²) in [5, 5.41) is 4.63. The highest BCUT2D eigenvalue weighted by Gasteiger charge is 2.16. The van der Waals surface area contributed by atoms with Crippen LogP contribution in [0.15, 0.2) is 33.8 Å². The highest BCUT2D eigenvalue weighted by atomic mass is 79.9. The fourth-order valence-electron chi connectivity index (χ4n) is 2.92. The van der Waals surface area contributed by atoms with Gasteiger partial charge in [-0.15, -0.1) is 0 Å². The molecule has 0 amide bonds. The number of hydrogen-bond donors (Lipinski definition) is 1. The zero-order valence-electron chi connectivity index (χ0n) is 11.8. The third-order valence-corrected chi connectivity index (χ3v) is 4.58. The van der Waals surface area contributed by atoms with E-state index in [2.05, 4.69) is 25.7 Å². The zero-order chi connectivity index (χ0) is 14.8. The normalized spacial score (nSPS) is 16.2. The van der Waals surface area contributed by atoms with Crippen molar-refractivity contribution in [3.8, 4) is 0 Å². The van der Waals surface area contributed by atoms with Crippen LogP contribution in [0.4, 0.5) is 5.69 Å². The van der Waals surface area contributed by atoms with E-state index in [0.29, 0.717) is 22.7 Å². The van der Waals surface area contributed by atoms with Gasteiger partial charge in [-0.1, -0.05) is 19.3 Å². The smallest absolute Gasteiger partial charge is 0.265 e. The highest BCUT2D eigenvalue weighted by molar-refractivity contribution is 9.10. The first-order valence-corrected chi connectivity index (χ1v) is 8.12. The molecule has 2 aromatic heterocycles. The molecule has 2 heterocycles. The van der Waals surface area contributed by atoms with Crippen LogP contribution in [-0.2, 0) is 6.54 Å². The van der Waals surface area contributed by atoms with Crippen LogP contribution in [0.2, 0.25) is 0 Å². The monoisotopic (exact) mass is 350 g/mol. The van der Waals surface area contributed by atoms with E-state index in [1.165, 1.54) is 32.1 Å². The summed E-state index contributed by atoms with van der Waals surface area (Å²) in [5.41, 5.74) is 7.15. The molecule has 0 saturated heterocycles. The molecule has 0 spiro atoms. The molecule has 2 N–H and O–H groups in total. The minimum absolute atomic E-state index is 0.0867. The van der Waals surface area contributed by atoms with Gasteiger partial charge in [0, 0.05) is 18.1 Å². The quantitative estimate of drug-likeness (QED) is 0.925.